The highest BCUT2D eigenvalue weighted by Crippen LogP contribution is 2.18. The smallest absolute Gasteiger partial charge is 0.306 e. The molecule has 0 aromatic carbocycles. The Hall–Kier alpha value is -2.57. The monoisotopic (exact) mass is 305 g/mol. The van der Waals surface area contributed by atoms with Crippen molar-refractivity contribution >= 4 is 11.9 Å². The highest BCUT2D eigenvalue weighted by atomic mass is 16.5. The number of carbonyl (C=O) groups excluding carboxylic acids is 2. The zero-order chi connectivity index (χ0) is 15.8. The average molecular weight is 305 g/mol. The Morgan fingerprint density at radius 1 is 1.36 bits per heavy atom. The minimum Gasteiger partial charge on any atom is -0.472 e. The maximum atomic E-state index is 11.6. The van der Waals surface area contributed by atoms with Gasteiger partial charge < -0.3 is 14.5 Å². The topological polar surface area (TPSA) is 86.4 Å². The molecule has 0 saturated carbocycles. The Morgan fingerprint density at radius 3 is 2.95 bits per heavy atom. The van der Waals surface area contributed by atoms with E-state index in [2.05, 4.69) is 10.4 Å². The molecule has 2 heterocycles. The molecule has 2 aromatic heterocycles. The molecule has 118 valence electrons. The molecular weight excluding hydrogens is 286 g/mol. The quantitative estimate of drug-likeness (QED) is 0.749. The molecule has 2 aromatic rings. The lowest BCUT2D eigenvalue weighted by Crippen LogP contribution is -2.27. The number of amides is 1. The second kappa shape index (κ2) is 8.02. The molecule has 0 spiro atoms. The Labute approximate surface area is 128 Å². The van der Waals surface area contributed by atoms with Crippen LogP contribution in [0.15, 0.2) is 35.4 Å². The van der Waals surface area contributed by atoms with E-state index < -0.39 is 0 Å². The number of esters is 1. The van der Waals surface area contributed by atoms with Crippen LogP contribution in [0.4, 0.5) is 0 Å². The van der Waals surface area contributed by atoms with Gasteiger partial charge in [-0.25, -0.2) is 0 Å². The van der Waals surface area contributed by atoms with Crippen LogP contribution in [0.1, 0.15) is 19.8 Å². The molecule has 0 fully saturated rings. The molecule has 0 aliphatic rings. The maximum Gasteiger partial charge on any atom is 0.306 e. The number of rotatable bonds is 8. The molecule has 2 rings (SSSR count). The van der Waals surface area contributed by atoms with Crippen molar-refractivity contribution in [3.05, 3.63) is 31.0 Å². The van der Waals surface area contributed by atoms with Crippen molar-refractivity contribution in [2.45, 2.75) is 26.3 Å². The molecule has 1 N–H and O–H groups in total. The fraction of sp³-hybridized carbons (Fsp3) is 0.400. The standard InChI is InChI=1S/C15H19N3O4/c1-2-22-15(20)4-3-14(19)16-6-7-18-10-13(9-17-18)12-5-8-21-11-12/h5,8-11H,2-4,6-7H2,1H3,(H,16,19). The zero-order valence-corrected chi connectivity index (χ0v) is 12.4. The molecule has 0 aliphatic carbocycles. The summed E-state index contributed by atoms with van der Waals surface area (Å²) in [5.41, 5.74) is 1.92. The minimum atomic E-state index is -0.352. The second-order valence-electron chi connectivity index (χ2n) is 4.66. The van der Waals surface area contributed by atoms with Gasteiger partial charge in [0.1, 0.15) is 0 Å². The van der Waals surface area contributed by atoms with E-state index in [-0.39, 0.29) is 24.7 Å². The molecule has 0 aliphatic heterocycles. The first-order valence-corrected chi connectivity index (χ1v) is 7.16. The predicted molar refractivity (Wildman–Crippen MR) is 78.8 cm³/mol. The molecule has 0 radical (unpaired) electrons. The third kappa shape index (κ3) is 4.76. The average Bonchev–Trinajstić information content (AvgIpc) is 3.16. The van der Waals surface area contributed by atoms with Gasteiger partial charge in [-0.3, -0.25) is 14.3 Å². The highest BCUT2D eigenvalue weighted by molar-refractivity contribution is 5.81. The number of furan rings is 1. The van der Waals surface area contributed by atoms with Gasteiger partial charge in [-0.1, -0.05) is 0 Å². The van der Waals surface area contributed by atoms with Gasteiger partial charge >= 0.3 is 5.97 Å². The van der Waals surface area contributed by atoms with Crippen LogP contribution >= 0.6 is 0 Å². The lowest BCUT2D eigenvalue weighted by atomic mass is 10.2. The van der Waals surface area contributed by atoms with Crippen molar-refractivity contribution < 1.29 is 18.7 Å². The van der Waals surface area contributed by atoms with Crippen molar-refractivity contribution in [1.29, 1.82) is 0 Å². The first-order valence-electron chi connectivity index (χ1n) is 7.16. The lowest BCUT2D eigenvalue weighted by Gasteiger charge is -2.05. The van der Waals surface area contributed by atoms with Crippen LogP contribution in [0.5, 0.6) is 0 Å². The number of carbonyl (C=O) groups is 2. The third-order valence-electron chi connectivity index (χ3n) is 3.01. The summed E-state index contributed by atoms with van der Waals surface area (Å²) in [7, 11) is 0. The molecule has 0 saturated heterocycles. The molecule has 22 heavy (non-hydrogen) atoms. The summed E-state index contributed by atoms with van der Waals surface area (Å²) in [6, 6.07) is 1.86. The predicted octanol–water partition coefficient (Wildman–Crippen LogP) is 1.60. The van der Waals surface area contributed by atoms with Crippen molar-refractivity contribution in [1.82, 2.24) is 15.1 Å². The van der Waals surface area contributed by atoms with Crippen LogP contribution in [0.25, 0.3) is 11.1 Å². The third-order valence-corrected chi connectivity index (χ3v) is 3.01. The number of ether oxygens (including phenoxy) is 1. The van der Waals surface area contributed by atoms with Crippen LogP contribution in [0.2, 0.25) is 0 Å². The van der Waals surface area contributed by atoms with E-state index in [0.29, 0.717) is 19.7 Å². The highest BCUT2D eigenvalue weighted by Gasteiger charge is 2.07. The largest absolute Gasteiger partial charge is 0.472 e. The van der Waals surface area contributed by atoms with Crippen LogP contribution in [0, 0.1) is 0 Å². The van der Waals surface area contributed by atoms with Crippen molar-refractivity contribution in [2.24, 2.45) is 0 Å². The van der Waals surface area contributed by atoms with Gasteiger partial charge in [0, 0.05) is 30.3 Å². The fourth-order valence-corrected chi connectivity index (χ4v) is 1.91. The maximum absolute atomic E-state index is 11.6. The van der Waals surface area contributed by atoms with Gasteiger partial charge in [-0.2, -0.15) is 5.10 Å². The summed E-state index contributed by atoms with van der Waals surface area (Å²) in [6.07, 6.45) is 7.13. The SMILES string of the molecule is CCOC(=O)CCC(=O)NCCn1cc(-c2ccoc2)cn1. The lowest BCUT2D eigenvalue weighted by molar-refractivity contribution is -0.144. The summed E-state index contributed by atoms with van der Waals surface area (Å²) in [6.45, 7) is 3.08. The summed E-state index contributed by atoms with van der Waals surface area (Å²) >= 11 is 0. The molecule has 7 nitrogen and oxygen atoms in total. The van der Waals surface area contributed by atoms with Crippen molar-refractivity contribution in [3.63, 3.8) is 0 Å². The van der Waals surface area contributed by atoms with Crippen LogP contribution < -0.4 is 5.32 Å². The van der Waals surface area contributed by atoms with Crippen molar-refractivity contribution in [2.75, 3.05) is 13.2 Å². The van der Waals surface area contributed by atoms with Gasteiger partial charge in [0.05, 0.1) is 38.3 Å². The van der Waals surface area contributed by atoms with Crippen LogP contribution in [0.3, 0.4) is 0 Å². The summed E-state index contributed by atoms with van der Waals surface area (Å²) in [5.74, 6) is -0.523. The van der Waals surface area contributed by atoms with E-state index in [1.165, 1.54) is 0 Å². The number of nitrogens with one attached hydrogen (secondary N) is 1. The Kier molecular flexibility index (Phi) is 5.76. The molecule has 0 bridgehead atoms. The second-order valence-corrected chi connectivity index (χ2v) is 4.66. The van der Waals surface area contributed by atoms with E-state index in [1.54, 1.807) is 30.3 Å². The Balaban J connectivity index is 1.68. The van der Waals surface area contributed by atoms with E-state index in [9.17, 15) is 9.59 Å². The summed E-state index contributed by atoms with van der Waals surface area (Å²) < 4.78 is 11.5. The summed E-state index contributed by atoms with van der Waals surface area (Å²) in [4.78, 5) is 22.7. The first-order chi connectivity index (χ1) is 10.7. The molecule has 1 amide bonds. The van der Waals surface area contributed by atoms with Gasteiger partial charge in [0.25, 0.3) is 0 Å². The molecule has 0 atom stereocenters. The number of aromatic nitrogens is 2. The van der Waals surface area contributed by atoms with Crippen LogP contribution in [-0.4, -0.2) is 34.8 Å². The van der Waals surface area contributed by atoms with Gasteiger partial charge in [0.15, 0.2) is 0 Å². The normalized spacial score (nSPS) is 10.4. The van der Waals surface area contributed by atoms with E-state index in [4.69, 9.17) is 9.15 Å². The summed E-state index contributed by atoms with van der Waals surface area (Å²) in [5, 5.41) is 6.96. The number of hydrogen-bond acceptors (Lipinski definition) is 5. The number of nitrogens with zero attached hydrogens (tertiary/aromatic N) is 2. The molecule has 7 heteroatoms. The fourth-order valence-electron chi connectivity index (χ4n) is 1.91. The zero-order valence-electron chi connectivity index (χ0n) is 12.4. The Bertz CT molecular complexity index is 604. The first kappa shape index (κ1) is 15.8. The van der Waals surface area contributed by atoms with E-state index in [1.807, 2.05) is 12.3 Å². The Morgan fingerprint density at radius 2 is 2.23 bits per heavy atom. The van der Waals surface area contributed by atoms with E-state index in [0.717, 1.165) is 11.1 Å². The molecule has 0 unspecified atom stereocenters. The van der Waals surface area contributed by atoms with Gasteiger partial charge in [-0.05, 0) is 13.0 Å². The number of hydrogen-bond donors (Lipinski definition) is 1. The molecular formula is C15H19N3O4. The van der Waals surface area contributed by atoms with Crippen LogP contribution in [-0.2, 0) is 20.9 Å². The van der Waals surface area contributed by atoms with Gasteiger partial charge in [-0.15, -0.1) is 0 Å². The van der Waals surface area contributed by atoms with E-state index >= 15 is 0 Å². The van der Waals surface area contributed by atoms with Crippen molar-refractivity contribution in [3.8, 4) is 11.1 Å². The minimum absolute atomic E-state index is 0.103. The van der Waals surface area contributed by atoms with Gasteiger partial charge in [0.2, 0.25) is 5.91 Å².